The second-order valence-corrected chi connectivity index (χ2v) is 15.4. The smallest absolute Gasteiger partial charge is 0.274 e. The Morgan fingerprint density at radius 1 is 0.644 bits per heavy atom. The molecule has 2 fully saturated rings. The lowest BCUT2D eigenvalue weighted by Crippen LogP contribution is -2.34. The fraction of sp³-hybridized carbons (Fsp3) is 0.277. The molecular weight excluding hydrogens is 737 g/mol. The van der Waals surface area contributed by atoms with E-state index in [9.17, 15) is 9.59 Å². The summed E-state index contributed by atoms with van der Waals surface area (Å²) in [4.78, 5) is 32.2. The minimum Gasteiger partial charge on any atom is -0.336 e. The monoisotopic (exact) mass is 784 g/mol. The van der Waals surface area contributed by atoms with Crippen molar-refractivity contribution in [1.82, 2.24) is 39.6 Å². The zero-order valence-corrected chi connectivity index (χ0v) is 34.1. The van der Waals surface area contributed by atoms with Gasteiger partial charge in [0.25, 0.3) is 11.8 Å². The van der Waals surface area contributed by atoms with Crippen molar-refractivity contribution in [3.63, 3.8) is 0 Å². The summed E-state index contributed by atoms with van der Waals surface area (Å²) in [6, 6.07) is 39.5. The minimum absolute atomic E-state index is 0.0416. The number of carbonyl (C=O) groups excluding carboxylic acids is 2. The molecule has 2 aromatic heterocycles. The number of nitriles is 2. The van der Waals surface area contributed by atoms with Gasteiger partial charge in [0, 0.05) is 49.4 Å². The molecule has 59 heavy (non-hydrogen) atoms. The molecule has 0 aliphatic carbocycles. The maximum absolute atomic E-state index is 13.2. The first kappa shape index (κ1) is 40.3. The molecular formula is C47H48N10O2. The van der Waals surface area contributed by atoms with E-state index < -0.39 is 0 Å². The van der Waals surface area contributed by atoms with E-state index in [1.54, 1.807) is 28.9 Å². The predicted molar refractivity (Wildman–Crippen MR) is 228 cm³/mol. The third-order valence-electron chi connectivity index (χ3n) is 11.1. The number of rotatable bonds is 8. The molecule has 4 aromatic carbocycles. The summed E-state index contributed by atoms with van der Waals surface area (Å²) >= 11 is 0. The van der Waals surface area contributed by atoms with Crippen LogP contribution in [-0.4, -0.2) is 105 Å². The Bertz CT molecular complexity index is 2500. The lowest BCUT2D eigenvalue weighted by atomic mass is 10.1. The van der Waals surface area contributed by atoms with Gasteiger partial charge >= 0.3 is 0 Å². The van der Waals surface area contributed by atoms with Crippen LogP contribution in [0.15, 0.2) is 109 Å². The maximum Gasteiger partial charge on any atom is 0.274 e. The molecule has 6 aromatic rings. The van der Waals surface area contributed by atoms with Gasteiger partial charge in [-0.1, -0.05) is 59.7 Å². The fourth-order valence-corrected chi connectivity index (χ4v) is 7.43. The summed E-state index contributed by atoms with van der Waals surface area (Å²) in [5.41, 5.74) is 9.65. The molecule has 8 rings (SSSR count). The average Bonchev–Trinajstić information content (AvgIpc) is 4.11. The van der Waals surface area contributed by atoms with Crippen molar-refractivity contribution < 1.29 is 9.59 Å². The predicted octanol–water partition coefficient (Wildman–Crippen LogP) is 6.65. The van der Waals surface area contributed by atoms with E-state index in [0.29, 0.717) is 41.1 Å². The second-order valence-electron chi connectivity index (χ2n) is 15.4. The van der Waals surface area contributed by atoms with Gasteiger partial charge in [0.05, 0.1) is 46.0 Å². The number of hydrogen-bond donors (Lipinski definition) is 1. The van der Waals surface area contributed by atoms with Gasteiger partial charge in [-0.25, -0.2) is 9.36 Å². The van der Waals surface area contributed by atoms with Gasteiger partial charge in [-0.15, -0.1) is 0 Å². The molecule has 12 heteroatoms. The summed E-state index contributed by atoms with van der Waals surface area (Å²) in [6.45, 7) is 6.96. The highest BCUT2D eigenvalue weighted by atomic mass is 16.2. The topological polar surface area (TPSA) is 139 Å². The Labute approximate surface area is 345 Å². The van der Waals surface area contributed by atoms with Gasteiger partial charge in [0.2, 0.25) is 0 Å². The number of nitrogens with zero attached hydrogens (tertiary/aromatic N) is 9. The zero-order valence-electron chi connectivity index (χ0n) is 34.1. The second kappa shape index (κ2) is 17.7. The number of aromatic nitrogens is 4. The van der Waals surface area contributed by atoms with Crippen LogP contribution in [0.3, 0.4) is 0 Å². The molecule has 4 heterocycles. The lowest BCUT2D eigenvalue weighted by Gasteiger charge is -2.19. The Kier molecular flexibility index (Phi) is 12.1. The Hall–Kier alpha value is -6.86. The Balaban J connectivity index is 0.000000179. The third kappa shape index (κ3) is 9.00. The first-order valence-electron chi connectivity index (χ1n) is 19.8. The van der Waals surface area contributed by atoms with E-state index in [-0.39, 0.29) is 11.8 Å². The van der Waals surface area contributed by atoms with Crippen LogP contribution in [0.2, 0.25) is 0 Å². The van der Waals surface area contributed by atoms with E-state index in [4.69, 9.17) is 15.6 Å². The van der Waals surface area contributed by atoms with Crippen LogP contribution in [0.5, 0.6) is 0 Å². The lowest BCUT2D eigenvalue weighted by molar-refractivity contribution is 0.0772. The summed E-state index contributed by atoms with van der Waals surface area (Å²) in [7, 11) is 6.02. The van der Waals surface area contributed by atoms with Crippen LogP contribution in [0.25, 0.3) is 33.9 Å². The molecule has 12 nitrogen and oxygen atoms in total. The minimum atomic E-state index is -0.0523. The molecule has 0 spiro atoms. The number of benzene rings is 4. The number of aryl methyl sites for hydroxylation is 2. The molecule has 2 saturated heterocycles. The van der Waals surface area contributed by atoms with Gasteiger partial charge in [0.15, 0.2) is 11.4 Å². The van der Waals surface area contributed by atoms with E-state index in [0.717, 1.165) is 77.5 Å². The number of likely N-dealkylation sites (tertiary alicyclic amines) is 2. The number of nitrogens with one attached hydrogen (secondary N) is 1. The first-order chi connectivity index (χ1) is 28.5. The molecule has 0 radical (unpaired) electrons. The van der Waals surface area contributed by atoms with Gasteiger partial charge in [0.1, 0.15) is 0 Å². The fourth-order valence-electron chi connectivity index (χ4n) is 7.43. The number of carbonyl (C=O) groups is 2. The van der Waals surface area contributed by atoms with Crippen molar-refractivity contribution in [3.8, 4) is 46.0 Å². The van der Waals surface area contributed by atoms with Crippen LogP contribution in [0.4, 0.5) is 0 Å². The molecule has 298 valence electrons. The summed E-state index contributed by atoms with van der Waals surface area (Å²) < 4.78 is 3.62. The maximum atomic E-state index is 13.2. The van der Waals surface area contributed by atoms with E-state index >= 15 is 0 Å². The SMILES string of the molecule is CN[C@H]1CCN(C(=O)c2cc(-c3ccc(C#N)cc3)n(-c3ccc(C)cc3)n2)C1.Cc1ccc(-n2nc(C(=O)N3CC[C@H](N(C)C)C3)cc2-c2ccc(C#N)cc2)cc1. The largest absolute Gasteiger partial charge is 0.336 e. The highest BCUT2D eigenvalue weighted by molar-refractivity contribution is 5.94. The molecule has 0 unspecified atom stereocenters. The Morgan fingerprint density at radius 3 is 1.44 bits per heavy atom. The summed E-state index contributed by atoms with van der Waals surface area (Å²) in [5.74, 6) is -0.0939. The molecule has 2 atom stereocenters. The van der Waals surface area contributed by atoms with Crippen molar-refractivity contribution in [3.05, 3.63) is 143 Å². The van der Waals surface area contributed by atoms with Crippen LogP contribution in [0, 0.1) is 36.5 Å². The highest BCUT2D eigenvalue weighted by Gasteiger charge is 2.31. The number of likely N-dealkylation sites (N-methyl/N-ethyl adjacent to an activating group) is 2. The zero-order chi connectivity index (χ0) is 41.6. The molecule has 2 amide bonds. The standard InChI is InChI=1S/C24H25N5O.C23H23N5O/c1-17-4-10-20(11-5-17)29-23(19-8-6-18(15-25)7-9-19)14-22(26-29)24(30)28-13-12-21(16-28)27(2)3;1-16-3-9-20(10-4-16)28-22(18-7-5-17(14-24)6-8-18)13-21(26-28)23(29)27-12-11-19(15-27)25-2/h4-11,14,21H,12-13,16H2,1-3H3;3-10,13,19,25H,11-12,15H2,1-2H3/t21-;19-/m00/s1. The van der Waals surface area contributed by atoms with Crippen molar-refractivity contribution in [2.75, 3.05) is 47.3 Å². The molecule has 2 aliphatic rings. The third-order valence-corrected chi connectivity index (χ3v) is 11.1. The van der Waals surface area contributed by atoms with E-state index in [1.807, 2.05) is 134 Å². The van der Waals surface area contributed by atoms with E-state index in [1.165, 1.54) is 0 Å². The molecule has 2 aliphatic heterocycles. The molecule has 1 N–H and O–H groups in total. The van der Waals surface area contributed by atoms with Crippen molar-refractivity contribution in [2.45, 2.75) is 38.8 Å². The van der Waals surface area contributed by atoms with Gasteiger partial charge in [-0.05, 0) is 108 Å². The van der Waals surface area contributed by atoms with Gasteiger partial charge < -0.3 is 20.0 Å². The Morgan fingerprint density at radius 2 is 1.07 bits per heavy atom. The molecule has 0 bridgehead atoms. The number of amides is 2. The summed E-state index contributed by atoms with van der Waals surface area (Å²) in [5, 5.41) is 30.8. The van der Waals surface area contributed by atoms with E-state index in [2.05, 4.69) is 27.5 Å². The van der Waals surface area contributed by atoms with Crippen LogP contribution < -0.4 is 5.32 Å². The van der Waals surface area contributed by atoms with Gasteiger partial charge in [-0.3, -0.25) is 9.59 Å². The summed E-state index contributed by atoms with van der Waals surface area (Å²) in [6.07, 6.45) is 1.92. The van der Waals surface area contributed by atoms with Crippen molar-refractivity contribution in [1.29, 1.82) is 10.5 Å². The quantitative estimate of drug-likeness (QED) is 0.181. The van der Waals surface area contributed by atoms with Crippen LogP contribution in [0.1, 0.15) is 56.1 Å². The normalized spacial score (nSPS) is 16.1. The van der Waals surface area contributed by atoms with Crippen molar-refractivity contribution in [2.24, 2.45) is 0 Å². The van der Waals surface area contributed by atoms with Crippen LogP contribution >= 0.6 is 0 Å². The van der Waals surface area contributed by atoms with Gasteiger partial charge in [-0.2, -0.15) is 20.7 Å². The molecule has 0 saturated carbocycles. The van der Waals surface area contributed by atoms with Crippen molar-refractivity contribution >= 4 is 11.8 Å². The van der Waals surface area contributed by atoms with Crippen LogP contribution in [-0.2, 0) is 0 Å². The first-order valence-corrected chi connectivity index (χ1v) is 19.8. The highest BCUT2D eigenvalue weighted by Crippen LogP contribution is 2.28. The number of hydrogen-bond acceptors (Lipinski definition) is 8. The average molecular weight is 785 g/mol.